The summed E-state index contributed by atoms with van der Waals surface area (Å²) in [6.45, 7) is 2.82. The van der Waals surface area contributed by atoms with Gasteiger partial charge in [0.05, 0.1) is 17.6 Å². The lowest BCUT2D eigenvalue weighted by Gasteiger charge is -2.10. The van der Waals surface area contributed by atoms with Crippen LogP contribution in [-0.2, 0) is 0 Å². The molecular formula is C17H18N4O2. The number of hydrogen-bond acceptors (Lipinski definition) is 3. The first-order valence-corrected chi connectivity index (χ1v) is 7.39. The highest BCUT2D eigenvalue weighted by Gasteiger charge is 2.05. The van der Waals surface area contributed by atoms with E-state index in [0.717, 1.165) is 22.3 Å². The summed E-state index contributed by atoms with van der Waals surface area (Å²) < 4.78 is 7.17. The van der Waals surface area contributed by atoms with Crippen molar-refractivity contribution in [2.24, 2.45) is 0 Å². The third-order valence-electron chi connectivity index (χ3n) is 3.32. The topological polar surface area (TPSA) is 68.2 Å². The molecule has 2 aromatic carbocycles. The molecule has 3 rings (SSSR count). The average Bonchev–Trinajstić information content (AvgIpc) is 2.95. The van der Waals surface area contributed by atoms with Crippen molar-refractivity contribution in [3.8, 4) is 5.75 Å². The summed E-state index contributed by atoms with van der Waals surface area (Å²) >= 11 is 0. The number of rotatable bonds is 5. The highest BCUT2D eigenvalue weighted by Crippen LogP contribution is 2.12. The molecule has 0 aliphatic rings. The van der Waals surface area contributed by atoms with E-state index < -0.39 is 0 Å². The first kappa shape index (κ1) is 14.9. The minimum atomic E-state index is -0.305. The molecule has 2 N–H and O–H groups in total. The number of imidazole rings is 1. The van der Waals surface area contributed by atoms with Gasteiger partial charge in [0, 0.05) is 0 Å². The van der Waals surface area contributed by atoms with E-state index in [2.05, 4.69) is 15.7 Å². The van der Waals surface area contributed by atoms with Crippen LogP contribution >= 0.6 is 0 Å². The van der Waals surface area contributed by atoms with Crippen molar-refractivity contribution in [1.82, 2.24) is 15.0 Å². The molecule has 0 aliphatic carbocycles. The van der Waals surface area contributed by atoms with Crippen LogP contribution in [-0.4, -0.2) is 28.8 Å². The quantitative estimate of drug-likeness (QED) is 0.712. The van der Waals surface area contributed by atoms with Crippen molar-refractivity contribution in [2.75, 3.05) is 18.6 Å². The van der Waals surface area contributed by atoms with Crippen LogP contribution in [0, 0.1) is 6.92 Å². The third kappa shape index (κ3) is 3.79. The van der Waals surface area contributed by atoms with Gasteiger partial charge in [-0.25, -0.2) is 19.9 Å². The number of amides is 2. The molecule has 0 bridgehead atoms. The number of benzene rings is 2. The second-order valence-corrected chi connectivity index (χ2v) is 5.14. The van der Waals surface area contributed by atoms with Gasteiger partial charge in [-0.05, 0) is 36.8 Å². The molecule has 0 aliphatic heterocycles. The number of nitrogens with one attached hydrogen (secondary N) is 2. The van der Waals surface area contributed by atoms with Crippen LogP contribution < -0.4 is 15.5 Å². The van der Waals surface area contributed by atoms with Gasteiger partial charge in [-0.1, -0.05) is 24.3 Å². The molecule has 0 saturated heterocycles. The van der Waals surface area contributed by atoms with E-state index in [0.29, 0.717) is 13.2 Å². The number of ether oxygens (including phenoxy) is 1. The molecule has 0 atom stereocenters. The van der Waals surface area contributed by atoms with Crippen LogP contribution in [0.5, 0.6) is 5.75 Å². The fraction of sp³-hybridized carbons (Fsp3) is 0.176. The third-order valence-corrected chi connectivity index (χ3v) is 3.32. The van der Waals surface area contributed by atoms with Gasteiger partial charge in [-0.3, -0.25) is 0 Å². The lowest BCUT2D eigenvalue weighted by atomic mass is 10.2. The highest BCUT2D eigenvalue weighted by atomic mass is 16.5. The Kier molecular flexibility index (Phi) is 4.42. The number of fused-ring (bicyclic) bond motifs is 1. The lowest BCUT2D eigenvalue weighted by molar-refractivity contribution is 0.245. The predicted octanol–water partition coefficient (Wildman–Crippen LogP) is 2.68. The summed E-state index contributed by atoms with van der Waals surface area (Å²) in [6.07, 6.45) is 1.58. The maximum absolute atomic E-state index is 11.9. The Morgan fingerprint density at radius 3 is 2.96 bits per heavy atom. The molecule has 1 aromatic heterocycles. The minimum absolute atomic E-state index is 0.305. The molecule has 0 unspecified atom stereocenters. The summed E-state index contributed by atoms with van der Waals surface area (Å²) in [4.78, 5) is 16.1. The number of hydrogen-bond donors (Lipinski definition) is 2. The summed E-state index contributed by atoms with van der Waals surface area (Å²) in [5, 5.41) is 2.75. The Labute approximate surface area is 134 Å². The van der Waals surface area contributed by atoms with E-state index in [1.807, 2.05) is 55.5 Å². The number of urea groups is 1. The fourth-order valence-corrected chi connectivity index (χ4v) is 2.24. The van der Waals surface area contributed by atoms with E-state index >= 15 is 0 Å². The number of aromatic nitrogens is 2. The van der Waals surface area contributed by atoms with Gasteiger partial charge in [0.2, 0.25) is 0 Å². The van der Waals surface area contributed by atoms with Crippen LogP contribution in [0.1, 0.15) is 5.56 Å². The highest BCUT2D eigenvalue weighted by molar-refractivity contribution is 5.84. The summed E-state index contributed by atoms with van der Waals surface area (Å²) in [5.74, 6) is 0.799. The zero-order chi connectivity index (χ0) is 16.1. The largest absolute Gasteiger partial charge is 0.492 e. The zero-order valence-corrected chi connectivity index (χ0v) is 12.8. The van der Waals surface area contributed by atoms with Crippen LogP contribution in [0.15, 0.2) is 54.9 Å². The second kappa shape index (κ2) is 6.83. The molecule has 1 heterocycles. The Hall–Kier alpha value is -3.02. The SMILES string of the molecule is Cc1cccc(OCCNC(=O)Nn2cnc3ccccc32)c1. The number of aryl methyl sites for hydroxylation is 1. The molecule has 118 valence electrons. The Balaban J connectivity index is 1.46. The Bertz CT molecular complexity index is 813. The molecule has 23 heavy (non-hydrogen) atoms. The van der Waals surface area contributed by atoms with Crippen LogP contribution in [0.25, 0.3) is 11.0 Å². The smallest absolute Gasteiger partial charge is 0.334 e. The summed E-state index contributed by atoms with van der Waals surface area (Å²) in [6, 6.07) is 15.1. The van der Waals surface area contributed by atoms with Crippen molar-refractivity contribution in [2.45, 2.75) is 6.92 Å². The van der Waals surface area contributed by atoms with E-state index in [1.54, 1.807) is 11.0 Å². The molecule has 0 spiro atoms. The van der Waals surface area contributed by atoms with Crippen LogP contribution in [0.3, 0.4) is 0 Å². The first-order chi connectivity index (χ1) is 11.2. The molecule has 0 fully saturated rings. The lowest BCUT2D eigenvalue weighted by Crippen LogP contribution is -2.36. The normalized spacial score (nSPS) is 10.5. The number of carbonyl (C=O) groups excluding carboxylic acids is 1. The first-order valence-electron chi connectivity index (χ1n) is 7.39. The van der Waals surface area contributed by atoms with Gasteiger partial charge in [-0.2, -0.15) is 0 Å². The average molecular weight is 310 g/mol. The van der Waals surface area contributed by atoms with E-state index in [9.17, 15) is 4.79 Å². The molecule has 6 heteroatoms. The maximum atomic E-state index is 11.9. The molecule has 3 aromatic rings. The monoisotopic (exact) mass is 310 g/mol. The van der Waals surface area contributed by atoms with Crippen LogP contribution in [0.2, 0.25) is 0 Å². The van der Waals surface area contributed by atoms with Crippen molar-refractivity contribution in [1.29, 1.82) is 0 Å². The Morgan fingerprint density at radius 2 is 2.09 bits per heavy atom. The van der Waals surface area contributed by atoms with Gasteiger partial charge in [0.25, 0.3) is 0 Å². The molecular weight excluding hydrogens is 292 g/mol. The van der Waals surface area contributed by atoms with Gasteiger partial charge in [0.1, 0.15) is 18.7 Å². The standard InChI is InChI=1S/C17H18N4O2/c1-13-5-4-6-14(11-13)23-10-9-18-17(22)20-21-12-19-15-7-2-3-8-16(15)21/h2-8,11-12H,9-10H2,1H3,(H2,18,20,22). The summed E-state index contributed by atoms with van der Waals surface area (Å²) in [5.41, 5.74) is 5.54. The van der Waals surface area contributed by atoms with Crippen molar-refractivity contribution >= 4 is 17.1 Å². The molecule has 2 amide bonds. The van der Waals surface area contributed by atoms with Crippen molar-refractivity contribution in [3.05, 3.63) is 60.4 Å². The zero-order valence-electron chi connectivity index (χ0n) is 12.8. The minimum Gasteiger partial charge on any atom is -0.492 e. The van der Waals surface area contributed by atoms with Crippen molar-refractivity contribution in [3.63, 3.8) is 0 Å². The number of carbonyl (C=O) groups is 1. The van der Waals surface area contributed by atoms with E-state index in [-0.39, 0.29) is 6.03 Å². The van der Waals surface area contributed by atoms with E-state index in [1.165, 1.54) is 0 Å². The van der Waals surface area contributed by atoms with E-state index in [4.69, 9.17) is 4.74 Å². The van der Waals surface area contributed by atoms with Gasteiger partial charge < -0.3 is 10.1 Å². The van der Waals surface area contributed by atoms with Gasteiger partial charge in [0.15, 0.2) is 0 Å². The Morgan fingerprint density at radius 1 is 1.22 bits per heavy atom. The number of nitrogens with zero attached hydrogens (tertiary/aromatic N) is 2. The molecule has 6 nitrogen and oxygen atoms in total. The number of para-hydroxylation sites is 2. The predicted molar refractivity (Wildman–Crippen MR) is 89.2 cm³/mol. The van der Waals surface area contributed by atoms with Gasteiger partial charge in [-0.15, -0.1) is 0 Å². The van der Waals surface area contributed by atoms with Gasteiger partial charge >= 0.3 is 6.03 Å². The fourth-order valence-electron chi connectivity index (χ4n) is 2.24. The maximum Gasteiger partial charge on any atom is 0.334 e. The molecule has 0 radical (unpaired) electrons. The summed E-state index contributed by atoms with van der Waals surface area (Å²) in [7, 11) is 0. The molecule has 0 saturated carbocycles. The van der Waals surface area contributed by atoms with Crippen LogP contribution in [0.4, 0.5) is 4.79 Å². The van der Waals surface area contributed by atoms with Crippen molar-refractivity contribution < 1.29 is 9.53 Å². The second-order valence-electron chi connectivity index (χ2n) is 5.14.